The second-order valence-electron chi connectivity index (χ2n) is 5.02. The van der Waals surface area contributed by atoms with Crippen LogP contribution in [0.3, 0.4) is 0 Å². The Labute approximate surface area is 126 Å². The van der Waals surface area contributed by atoms with Crippen LogP contribution in [0, 0.1) is 6.92 Å². The van der Waals surface area contributed by atoms with Crippen LogP contribution in [0.15, 0.2) is 35.1 Å². The number of rotatable bonds is 5. The summed E-state index contributed by atoms with van der Waals surface area (Å²) < 4.78 is 6.84. The van der Waals surface area contributed by atoms with Gasteiger partial charge in [0.1, 0.15) is 5.75 Å². The normalized spacial score (nSPS) is 14.3. The van der Waals surface area contributed by atoms with Crippen LogP contribution in [-0.4, -0.2) is 16.0 Å². The number of hydrogen-bond acceptors (Lipinski definition) is 4. The molecule has 1 N–H and O–H groups in total. The van der Waals surface area contributed by atoms with E-state index in [-0.39, 0.29) is 0 Å². The summed E-state index contributed by atoms with van der Waals surface area (Å²) in [6, 6.07) is 6.56. The van der Waals surface area contributed by atoms with Gasteiger partial charge in [-0.05, 0) is 43.5 Å². The van der Waals surface area contributed by atoms with Crippen molar-refractivity contribution in [3.05, 3.63) is 46.3 Å². The lowest BCUT2D eigenvalue weighted by Crippen LogP contribution is -2.16. The lowest BCUT2D eigenvalue weighted by Gasteiger charge is -2.09. The fourth-order valence-electron chi connectivity index (χ4n) is 1.90. The van der Waals surface area contributed by atoms with Crippen molar-refractivity contribution in [3.63, 3.8) is 0 Å². The molecule has 1 fully saturated rings. The molecule has 2 aromatic rings. The summed E-state index contributed by atoms with van der Waals surface area (Å²) in [5.41, 5.74) is 1.96. The zero-order valence-corrected chi connectivity index (χ0v) is 12.9. The molecule has 1 aromatic carbocycles. The lowest BCUT2D eigenvalue weighted by molar-refractivity contribution is 0.453. The maximum atomic E-state index is 5.81. The molecule has 0 bridgehead atoms. The van der Waals surface area contributed by atoms with Crippen LogP contribution in [0.1, 0.15) is 24.1 Å². The first-order chi connectivity index (χ1) is 9.70. The number of aromatic nitrogens is 2. The molecule has 0 radical (unpaired) electrons. The predicted molar refractivity (Wildman–Crippen MR) is 80.8 cm³/mol. The van der Waals surface area contributed by atoms with E-state index in [2.05, 4.69) is 31.2 Å². The predicted octanol–water partition coefficient (Wildman–Crippen LogP) is 3.59. The van der Waals surface area contributed by atoms with E-state index in [0.29, 0.717) is 11.9 Å². The van der Waals surface area contributed by atoms with Gasteiger partial charge >= 0.3 is 0 Å². The molecule has 104 valence electrons. The first-order valence-electron chi connectivity index (χ1n) is 6.69. The highest BCUT2D eigenvalue weighted by molar-refractivity contribution is 9.10. The zero-order chi connectivity index (χ0) is 13.9. The summed E-state index contributed by atoms with van der Waals surface area (Å²) in [6.07, 6.45) is 5.95. The SMILES string of the molecule is Cc1cc(Br)ccc1Oc1cncc(CNC2CC2)n1. The fourth-order valence-corrected chi connectivity index (χ4v) is 2.37. The molecule has 1 aliphatic carbocycles. The maximum absolute atomic E-state index is 5.81. The van der Waals surface area contributed by atoms with Crippen molar-refractivity contribution >= 4 is 15.9 Å². The summed E-state index contributed by atoms with van der Waals surface area (Å²) >= 11 is 3.44. The summed E-state index contributed by atoms with van der Waals surface area (Å²) in [5, 5.41) is 3.42. The number of benzene rings is 1. The minimum absolute atomic E-state index is 0.533. The first kappa shape index (κ1) is 13.5. The third-order valence-electron chi connectivity index (χ3n) is 3.16. The van der Waals surface area contributed by atoms with Crippen molar-refractivity contribution in [1.29, 1.82) is 0 Å². The van der Waals surface area contributed by atoms with Gasteiger partial charge in [0, 0.05) is 23.3 Å². The van der Waals surface area contributed by atoms with Crippen LogP contribution in [0.5, 0.6) is 11.6 Å². The molecule has 5 heteroatoms. The number of halogens is 1. The number of ether oxygens (including phenoxy) is 1. The van der Waals surface area contributed by atoms with Crippen molar-refractivity contribution in [1.82, 2.24) is 15.3 Å². The zero-order valence-electron chi connectivity index (χ0n) is 11.3. The molecule has 20 heavy (non-hydrogen) atoms. The van der Waals surface area contributed by atoms with E-state index < -0.39 is 0 Å². The summed E-state index contributed by atoms with van der Waals surface area (Å²) in [6.45, 7) is 2.75. The molecule has 0 amide bonds. The van der Waals surface area contributed by atoms with Gasteiger partial charge in [-0.1, -0.05) is 15.9 Å². The lowest BCUT2D eigenvalue weighted by atomic mass is 10.2. The Bertz CT molecular complexity index is 614. The van der Waals surface area contributed by atoms with E-state index in [1.54, 1.807) is 12.4 Å². The minimum Gasteiger partial charge on any atom is -0.437 e. The third kappa shape index (κ3) is 3.55. The van der Waals surface area contributed by atoms with Gasteiger partial charge < -0.3 is 10.1 Å². The molecule has 1 saturated carbocycles. The topological polar surface area (TPSA) is 47.0 Å². The van der Waals surface area contributed by atoms with Gasteiger partial charge in [-0.2, -0.15) is 0 Å². The number of nitrogens with zero attached hydrogens (tertiary/aromatic N) is 2. The molecule has 0 unspecified atom stereocenters. The van der Waals surface area contributed by atoms with Gasteiger partial charge in [-0.25, -0.2) is 4.98 Å². The Kier molecular flexibility index (Phi) is 3.98. The Morgan fingerprint density at radius 3 is 2.95 bits per heavy atom. The van der Waals surface area contributed by atoms with E-state index in [0.717, 1.165) is 28.0 Å². The first-order valence-corrected chi connectivity index (χ1v) is 7.48. The van der Waals surface area contributed by atoms with Crippen LogP contribution in [0.25, 0.3) is 0 Å². The van der Waals surface area contributed by atoms with Gasteiger partial charge in [0.05, 0.1) is 11.9 Å². The molecule has 0 aliphatic heterocycles. The third-order valence-corrected chi connectivity index (χ3v) is 3.66. The Balaban J connectivity index is 1.70. The minimum atomic E-state index is 0.533. The summed E-state index contributed by atoms with van der Waals surface area (Å²) in [5.74, 6) is 1.33. The van der Waals surface area contributed by atoms with E-state index >= 15 is 0 Å². The summed E-state index contributed by atoms with van der Waals surface area (Å²) in [4.78, 5) is 8.66. The molecule has 0 atom stereocenters. The number of nitrogens with one attached hydrogen (secondary N) is 1. The number of aryl methyl sites for hydroxylation is 1. The molecule has 1 aromatic heterocycles. The molecule has 1 heterocycles. The van der Waals surface area contributed by atoms with Gasteiger partial charge in [0.25, 0.3) is 0 Å². The smallest absolute Gasteiger partial charge is 0.238 e. The van der Waals surface area contributed by atoms with Crippen molar-refractivity contribution < 1.29 is 4.74 Å². The molecule has 0 spiro atoms. The van der Waals surface area contributed by atoms with Crippen molar-refractivity contribution in [2.75, 3.05) is 0 Å². The van der Waals surface area contributed by atoms with Crippen LogP contribution in [0.2, 0.25) is 0 Å². The van der Waals surface area contributed by atoms with E-state index in [9.17, 15) is 0 Å². The van der Waals surface area contributed by atoms with Crippen LogP contribution in [-0.2, 0) is 6.54 Å². The quantitative estimate of drug-likeness (QED) is 0.908. The van der Waals surface area contributed by atoms with E-state index in [1.165, 1.54) is 12.8 Å². The van der Waals surface area contributed by atoms with Gasteiger partial charge in [-0.15, -0.1) is 0 Å². The average molecular weight is 334 g/mol. The largest absolute Gasteiger partial charge is 0.437 e. The highest BCUT2D eigenvalue weighted by atomic mass is 79.9. The highest BCUT2D eigenvalue weighted by Crippen LogP contribution is 2.26. The van der Waals surface area contributed by atoms with Crippen LogP contribution >= 0.6 is 15.9 Å². The molecule has 1 aliphatic rings. The second kappa shape index (κ2) is 5.89. The van der Waals surface area contributed by atoms with Crippen molar-refractivity contribution in [2.24, 2.45) is 0 Å². The second-order valence-corrected chi connectivity index (χ2v) is 5.93. The molecular weight excluding hydrogens is 318 g/mol. The Hall–Kier alpha value is -1.46. The fraction of sp³-hybridized carbons (Fsp3) is 0.333. The van der Waals surface area contributed by atoms with E-state index in [1.807, 2.05) is 25.1 Å². The van der Waals surface area contributed by atoms with Gasteiger partial charge in [0.2, 0.25) is 5.88 Å². The Morgan fingerprint density at radius 2 is 2.20 bits per heavy atom. The summed E-state index contributed by atoms with van der Waals surface area (Å²) in [7, 11) is 0. The van der Waals surface area contributed by atoms with E-state index in [4.69, 9.17) is 4.74 Å². The van der Waals surface area contributed by atoms with Gasteiger partial charge in [0.15, 0.2) is 0 Å². The maximum Gasteiger partial charge on any atom is 0.238 e. The molecule has 4 nitrogen and oxygen atoms in total. The van der Waals surface area contributed by atoms with Crippen molar-refractivity contribution in [3.8, 4) is 11.6 Å². The van der Waals surface area contributed by atoms with Crippen LogP contribution < -0.4 is 10.1 Å². The molecular formula is C15H16BrN3O. The monoisotopic (exact) mass is 333 g/mol. The standard InChI is InChI=1S/C15H16BrN3O/c1-10-6-11(16)2-5-14(10)20-15-9-17-7-13(19-15)8-18-12-3-4-12/h2,5-7,9,12,18H,3-4,8H2,1H3. The molecule has 0 saturated heterocycles. The van der Waals surface area contributed by atoms with Crippen molar-refractivity contribution in [2.45, 2.75) is 32.4 Å². The van der Waals surface area contributed by atoms with Crippen LogP contribution in [0.4, 0.5) is 0 Å². The number of hydrogen-bond donors (Lipinski definition) is 1. The average Bonchev–Trinajstić information content (AvgIpc) is 3.24. The van der Waals surface area contributed by atoms with Gasteiger partial charge in [-0.3, -0.25) is 4.98 Å². The Morgan fingerprint density at radius 1 is 1.35 bits per heavy atom. The molecule has 3 rings (SSSR count). The highest BCUT2D eigenvalue weighted by Gasteiger charge is 2.20.